The second-order valence-corrected chi connectivity index (χ2v) is 5.48. The Kier molecular flexibility index (Phi) is 5.03. The molecule has 0 saturated heterocycles. The van der Waals surface area contributed by atoms with Crippen molar-refractivity contribution in [1.29, 1.82) is 0 Å². The molecule has 1 aromatic heterocycles. The molecule has 1 rings (SSSR count). The number of hydrogen-bond donors (Lipinski definition) is 0. The van der Waals surface area contributed by atoms with E-state index in [9.17, 15) is 0 Å². The van der Waals surface area contributed by atoms with Crippen molar-refractivity contribution in [2.24, 2.45) is 5.92 Å². The Hall–Kier alpha value is -0.120. The minimum absolute atomic E-state index is 0.384. The molecule has 0 fully saturated rings. The lowest BCUT2D eigenvalue weighted by Gasteiger charge is -2.24. The molecule has 0 aliphatic carbocycles. The first-order valence-electron chi connectivity index (χ1n) is 5.25. The summed E-state index contributed by atoms with van der Waals surface area (Å²) in [4.78, 5) is 6.84. The molecule has 86 valence electrons. The van der Waals surface area contributed by atoms with Gasteiger partial charge in [0.25, 0.3) is 0 Å². The first-order valence-corrected chi connectivity index (χ1v) is 6.66. The molecular weight excluding hydrogens is 228 g/mol. The maximum absolute atomic E-state index is 5.74. The number of halogens is 1. The highest BCUT2D eigenvalue weighted by molar-refractivity contribution is 7.09. The maximum atomic E-state index is 5.74. The third-order valence-corrected chi connectivity index (χ3v) is 3.72. The van der Waals surface area contributed by atoms with Crippen LogP contribution in [0.3, 0.4) is 0 Å². The van der Waals surface area contributed by atoms with E-state index in [4.69, 9.17) is 11.6 Å². The zero-order valence-electron chi connectivity index (χ0n) is 9.83. The maximum Gasteiger partial charge on any atom is 0.110 e. The fourth-order valence-corrected chi connectivity index (χ4v) is 2.67. The number of thiazole rings is 1. The molecule has 1 heterocycles. The topological polar surface area (TPSA) is 16.1 Å². The first-order chi connectivity index (χ1) is 7.04. The standard InChI is InChI=1S/C11H19ClN2S/c1-8(2)6-14(4)9(3)11-13-10(5-12)7-15-11/h7-9H,5-6H2,1-4H3. The molecule has 2 nitrogen and oxygen atoms in total. The highest BCUT2D eigenvalue weighted by atomic mass is 35.5. The van der Waals surface area contributed by atoms with E-state index >= 15 is 0 Å². The van der Waals surface area contributed by atoms with Crippen LogP contribution in [0.15, 0.2) is 5.38 Å². The molecule has 0 N–H and O–H groups in total. The van der Waals surface area contributed by atoms with E-state index in [0.29, 0.717) is 17.8 Å². The monoisotopic (exact) mass is 246 g/mol. The molecule has 0 aliphatic rings. The Balaban J connectivity index is 2.62. The molecule has 1 aromatic rings. The van der Waals surface area contributed by atoms with E-state index in [1.807, 2.05) is 5.38 Å². The summed E-state index contributed by atoms with van der Waals surface area (Å²) < 4.78 is 0. The lowest BCUT2D eigenvalue weighted by Crippen LogP contribution is -2.26. The third kappa shape index (κ3) is 3.74. The smallest absolute Gasteiger partial charge is 0.110 e. The van der Waals surface area contributed by atoms with E-state index in [1.165, 1.54) is 0 Å². The predicted molar refractivity (Wildman–Crippen MR) is 67.6 cm³/mol. The van der Waals surface area contributed by atoms with Crippen LogP contribution >= 0.6 is 22.9 Å². The van der Waals surface area contributed by atoms with Gasteiger partial charge in [-0.05, 0) is 19.9 Å². The number of rotatable bonds is 5. The van der Waals surface area contributed by atoms with Gasteiger partial charge in [-0.3, -0.25) is 4.90 Å². The van der Waals surface area contributed by atoms with Crippen molar-refractivity contribution >= 4 is 22.9 Å². The molecule has 0 saturated carbocycles. The van der Waals surface area contributed by atoms with Gasteiger partial charge in [-0.2, -0.15) is 0 Å². The van der Waals surface area contributed by atoms with E-state index in [-0.39, 0.29) is 0 Å². The van der Waals surface area contributed by atoms with Crippen LogP contribution in [0.2, 0.25) is 0 Å². The molecule has 0 aromatic carbocycles. The van der Waals surface area contributed by atoms with Gasteiger partial charge in [-0.15, -0.1) is 22.9 Å². The fraction of sp³-hybridized carbons (Fsp3) is 0.727. The molecule has 0 spiro atoms. The zero-order chi connectivity index (χ0) is 11.4. The third-order valence-electron chi connectivity index (χ3n) is 2.38. The molecule has 0 amide bonds. The summed E-state index contributed by atoms with van der Waals surface area (Å²) >= 11 is 7.44. The normalized spacial score (nSPS) is 13.8. The van der Waals surface area contributed by atoms with Crippen molar-refractivity contribution < 1.29 is 0 Å². The summed E-state index contributed by atoms with van der Waals surface area (Å²) in [6, 6.07) is 0.384. The second-order valence-electron chi connectivity index (χ2n) is 4.32. The number of alkyl halides is 1. The van der Waals surface area contributed by atoms with Crippen molar-refractivity contribution in [3.8, 4) is 0 Å². The van der Waals surface area contributed by atoms with Gasteiger partial charge in [0.1, 0.15) is 5.01 Å². The Morgan fingerprint density at radius 3 is 2.60 bits per heavy atom. The van der Waals surface area contributed by atoms with Crippen LogP contribution in [0.25, 0.3) is 0 Å². The van der Waals surface area contributed by atoms with Crippen molar-refractivity contribution in [2.75, 3.05) is 13.6 Å². The van der Waals surface area contributed by atoms with E-state index in [2.05, 4.69) is 37.7 Å². The SMILES string of the molecule is CC(C)CN(C)C(C)c1nc(CCl)cs1. The Morgan fingerprint density at radius 1 is 1.47 bits per heavy atom. The summed E-state index contributed by atoms with van der Waals surface area (Å²) in [7, 11) is 2.15. The summed E-state index contributed by atoms with van der Waals surface area (Å²) in [5.41, 5.74) is 0.987. The molecular formula is C11H19ClN2S. The molecule has 0 aliphatic heterocycles. The Bertz CT molecular complexity index is 299. The van der Waals surface area contributed by atoms with Crippen LogP contribution < -0.4 is 0 Å². The van der Waals surface area contributed by atoms with Crippen LogP contribution in [0.1, 0.15) is 37.5 Å². The van der Waals surface area contributed by atoms with E-state index < -0.39 is 0 Å². The van der Waals surface area contributed by atoms with Gasteiger partial charge in [-0.1, -0.05) is 13.8 Å². The summed E-state index contributed by atoms with van der Waals surface area (Å²) in [5.74, 6) is 1.20. The Labute approximate surface area is 101 Å². The van der Waals surface area contributed by atoms with Gasteiger partial charge in [-0.25, -0.2) is 4.98 Å². The highest BCUT2D eigenvalue weighted by Gasteiger charge is 2.15. The quantitative estimate of drug-likeness (QED) is 0.739. The van der Waals surface area contributed by atoms with Crippen LogP contribution in [-0.4, -0.2) is 23.5 Å². The van der Waals surface area contributed by atoms with Gasteiger partial charge < -0.3 is 0 Å². The number of nitrogens with zero attached hydrogens (tertiary/aromatic N) is 2. The summed E-state index contributed by atoms with van der Waals surface area (Å²) in [5, 5.41) is 3.20. The first kappa shape index (κ1) is 12.9. The molecule has 4 heteroatoms. The van der Waals surface area contributed by atoms with Gasteiger partial charge >= 0.3 is 0 Å². The van der Waals surface area contributed by atoms with Crippen LogP contribution in [-0.2, 0) is 5.88 Å². The zero-order valence-corrected chi connectivity index (χ0v) is 11.4. The molecule has 0 radical (unpaired) electrons. The van der Waals surface area contributed by atoms with Gasteiger partial charge in [0.05, 0.1) is 17.6 Å². The number of hydrogen-bond acceptors (Lipinski definition) is 3. The van der Waals surface area contributed by atoms with Crippen molar-refractivity contribution in [2.45, 2.75) is 32.7 Å². The van der Waals surface area contributed by atoms with Crippen molar-refractivity contribution in [1.82, 2.24) is 9.88 Å². The van der Waals surface area contributed by atoms with E-state index in [0.717, 1.165) is 17.2 Å². The Morgan fingerprint density at radius 2 is 2.13 bits per heavy atom. The van der Waals surface area contributed by atoms with Crippen LogP contribution in [0.4, 0.5) is 0 Å². The fourth-order valence-electron chi connectivity index (χ4n) is 1.50. The molecule has 1 atom stereocenters. The molecule has 15 heavy (non-hydrogen) atoms. The van der Waals surface area contributed by atoms with Gasteiger partial charge in [0, 0.05) is 11.9 Å². The largest absolute Gasteiger partial charge is 0.297 e. The van der Waals surface area contributed by atoms with E-state index in [1.54, 1.807) is 11.3 Å². The van der Waals surface area contributed by atoms with Crippen LogP contribution in [0.5, 0.6) is 0 Å². The molecule has 1 unspecified atom stereocenters. The number of aromatic nitrogens is 1. The highest BCUT2D eigenvalue weighted by Crippen LogP contribution is 2.23. The van der Waals surface area contributed by atoms with Crippen molar-refractivity contribution in [3.63, 3.8) is 0 Å². The van der Waals surface area contributed by atoms with Crippen molar-refractivity contribution in [3.05, 3.63) is 16.1 Å². The average molecular weight is 247 g/mol. The second kappa shape index (κ2) is 5.83. The minimum atomic E-state index is 0.384. The van der Waals surface area contributed by atoms with Gasteiger partial charge in [0.2, 0.25) is 0 Å². The minimum Gasteiger partial charge on any atom is -0.297 e. The summed E-state index contributed by atoms with van der Waals surface area (Å²) in [6.45, 7) is 7.75. The van der Waals surface area contributed by atoms with Gasteiger partial charge in [0.15, 0.2) is 0 Å². The van der Waals surface area contributed by atoms with Crippen LogP contribution in [0, 0.1) is 5.92 Å². The summed E-state index contributed by atoms with van der Waals surface area (Å²) in [6.07, 6.45) is 0. The average Bonchev–Trinajstić information content (AvgIpc) is 2.63. The molecule has 0 bridgehead atoms. The lowest BCUT2D eigenvalue weighted by molar-refractivity contribution is 0.232. The predicted octanol–water partition coefficient (Wildman–Crippen LogP) is 3.53. The lowest BCUT2D eigenvalue weighted by atomic mass is 10.2.